The van der Waals surface area contributed by atoms with Crippen LogP contribution in [0.2, 0.25) is 0 Å². The number of amides is 1. The summed E-state index contributed by atoms with van der Waals surface area (Å²) in [6.07, 6.45) is 4.28. The second-order valence-corrected chi connectivity index (χ2v) is 4.82. The van der Waals surface area contributed by atoms with Crippen LogP contribution in [0.5, 0.6) is 0 Å². The van der Waals surface area contributed by atoms with Crippen LogP contribution in [0.15, 0.2) is 18.5 Å². The third-order valence-electron chi connectivity index (χ3n) is 3.59. The summed E-state index contributed by atoms with van der Waals surface area (Å²) in [7, 11) is 0. The Morgan fingerprint density at radius 1 is 1.63 bits per heavy atom. The number of pyridine rings is 1. The standard InChI is InChI=1S/C13H21N5O/c1-2-18-6-4-10(9-18)7-16-13(19)11-3-5-15-8-12(11)17-14/h3,5,8,10,17H,2,4,6-7,9,14H2,1H3,(H,16,19). The number of hydrogen-bond acceptors (Lipinski definition) is 5. The molecule has 104 valence electrons. The first-order valence-electron chi connectivity index (χ1n) is 6.65. The number of likely N-dealkylation sites (tertiary alicyclic amines) is 1. The van der Waals surface area contributed by atoms with E-state index in [0.717, 1.165) is 26.1 Å². The first-order valence-corrected chi connectivity index (χ1v) is 6.65. The number of carbonyl (C=O) groups is 1. The number of nitrogen functional groups attached to an aromatic ring is 1. The van der Waals surface area contributed by atoms with Gasteiger partial charge in [0.25, 0.3) is 5.91 Å². The van der Waals surface area contributed by atoms with Crippen molar-refractivity contribution in [2.45, 2.75) is 13.3 Å². The van der Waals surface area contributed by atoms with Gasteiger partial charge in [0.1, 0.15) is 0 Å². The van der Waals surface area contributed by atoms with Crippen LogP contribution >= 0.6 is 0 Å². The van der Waals surface area contributed by atoms with Gasteiger partial charge in [0.05, 0.1) is 17.4 Å². The first-order chi connectivity index (χ1) is 9.24. The van der Waals surface area contributed by atoms with Crippen molar-refractivity contribution < 1.29 is 4.79 Å². The quantitative estimate of drug-likeness (QED) is 0.530. The maximum absolute atomic E-state index is 12.1. The van der Waals surface area contributed by atoms with Gasteiger partial charge in [-0.2, -0.15) is 0 Å². The second-order valence-electron chi connectivity index (χ2n) is 4.82. The molecule has 19 heavy (non-hydrogen) atoms. The third kappa shape index (κ3) is 3.42. The Hall–Kier alpha value is -1.66. The maximum atomic E-state index is 12.1. The Bertz CT molecular complexity index is 437. The maximum Gasteiger partial charge on any atom is 0.253 e. The fourth-order valence-electron chi connectivity index (χ4n) is 2.41. The molecule has 2 heterocycles. The molecule has 0 bridgehead atoms. The van der Waals surface area contributed by atoms with E-state index >= 15 is 0 Å². The molecule has 1 fully saturated rings. The van der Waals surface area contributed by atoms with Crippen molar-refractivity contribution in [1.82, 2.24) is 15.2 Å². The van der Waals surface area contributed by atoms with Crippen LogP contribution in [0.1, 0.15) is 23.7 Å². The SMILES string of the molecule is CCN1CCC(CNC(=O)c2ccncc2NN)C1. The van der Waals surface area contributed by atoms with E-state index < -0.39 is 0 Å². The molecule has 0 saturated carbocycles. The van der Waals surface area contributed by atoms with E-state index in [-0.39, 0.29) is 5.91 Å². The molecule has 1 saturated heterocycles. The molecule has 1 aromatic rings. The van der Waals surface area contributed by atoms with Crippen LogP contribution in [0, 0.1) is 5.92 Å². The molecular formula is C13H21N5O. The predicted octanol–water partition coefficient (Wildman–Crippen LogP) is 0.439. The van der Waals surface area contributed by atoms with Gasteiger partial charge in [0, 0.05) is 19.3 Å². The van der Waals surface area contributed by atoms with E-state index in [4.69, 9.17) is 5.84 Å². The van der Waals surface area contributed by atoms with E-state index in [9.17, 15) is 4.79 Å². The molecule has 1 aromatic heterocycles. The summed E-state index contributed by atoms with van der Waals surface area (Å²) in [6, 6.07) is 1.66. The van der Waals surface area contributed by atoms with Crippen molar-refractivity contribution >= 4 is 11.6 Å². The van der Waals surface area contributed by atoms with Gasteiger partial charge in [-0.1, -0.05) is 6.92 Å². The summed E-state index contributed by atoms with van der Waals surface area (Å²) in [6.45, 7) is 6.14. The molecule has 0 aromatic carbocycles. The average Bonchev–Trinajstić information content (AvgIpc) is 2.92. The Balaban J connectivity index is 1.88. The normalized spacial score (nSPS) is 19.4. The number of nitrogens with one attached hydrogen (secondary N) is 2. The summed E-state index contributed by atoms with van der Waals surface area (Å²) >= 11 is 0. The Morgan fingerprint density at radius 2 is 2.47 bits per heavy atom. The van der Waals surface area contributed by atoms with Gasteiger partial charge in [-0.15, -0.1) is 0 Å². The molecule has 6 heteroatoms. The van der Waals surface area contributed by atoms with Crippen molar-refractivity contribution in [3.63, 3.8) is 0 Å². The summed E-state index contributed by atoms with van der Waals surface area (Å²) in [5, 5.41) is 2.97. The Labute approximate surface area is 113 Å². The number of hydrogen-bond donors (Lipinski definition) is 3. The van der Waals surface area contributed by atoms with E-state index in [1.165, 1.54) is 0 Å². The fraction of sp³-hybridized carbons (Fsp3) is 0.538. The molecule has 1 unspecified atom stereocenters. The lowest BCUT2D eigenvalue weighted by molar-refractivity contribution is 0.0948. The molecule has 0 aliphatic carbocycles. The summed E-state index contributed by atoms with van der Waals surface area (Å²) < 4.78 is 0. The molecule has 0 radical (unpaired) electrons. The Kier molecular flexibility index (Phi) is 4.70. The Morgan fingerprint density at radius 3 is 3.16 bits per heavy atom. The molecule has 0 spiro atoms. The van der Waals surface area contributed by atoms with Crippen molar-refractivity contribution in [1.29, 1.82) is 0 Å². The minimum atomic E-state index is -0.106. The number of rotatable bonds is 5. The number of hydrazine groups is 1. The zero-order valence-corrected chi connectivity index (χ0v) is 11.2. The van der Waals surface area contributed by atoms with E-state index in [2.05, 4.69) is 27.6 Å². The van der Waals surface area contributed by atoms with Gasteiger partial charge in [-0.05, 0) is 31.5 Å². The second kappa shape index (κ2) is 6.49. The lowest BCUT2D eigenvalue weighted by Crippen LogP contribution is -2.31. The zero-order valence-electron chi connectivity index (χ0n) is 11.2. The van der Waals surface area contributed by atoms with Crippen molar-refractivity contribution in [3.05, 3.63) is 24.0 Å². The number of anilines is 1. The van der Waals surface area contributed by atoms with Crippen molar-refractivity contribution in [2.24, 2.45) is 11.8 Å². The van der Waals surface area contributed by atoms with E-state index in [1.54, 1.807) is 18.5 Å². The lowest BCUT2D eigenvalue weighted by atomic mass is 10.1. The predicted molar refractivity (Wildman–Crippen MR) is 74.6 cm³/mol. The molecule has 1 aliphatic rings. The van der Waals surface area contributed by atoms with Crippen LogP contribution in [0.3, 0.4) is 0 Å². The highest BCUT2D eigenvalue weighted by molar-refractivity contribution is 5.99. The van der Waals surface area contributed by atoms with Crippen LogP contribution < -0.4 is 16.6 Å². The molecule has 1 atom stereocenters. The summed E-state index contributed by atoms with van der Waals surface area (Å²) in [4.78, 5) is 18.4. The highest BCUT2D eigenvalue weighted by Crippen LogP contribution is 2.16. The number of nitrogens with zero attached hydrogens (tertiary/aromatic N) is 2. The van der Waals surface area contributed by atoms with Crippen LogP contribution in [0.25, 0.3) is 0 Å². The minimum Gasteiger partial charge on any atom is -0.352 e. The highest BCUT2D eigenvalue weighted by Gasteiger charge is 2.22. The number of aromatic nitrogens is 1. The van der Waals surface area contributed by atoms with Crippen LogP contribution in [0.4, 0.5) is 5.69 Å². The molecule has 1 aliphatic heterocycles. The molecule has 6 nitrogen and oxygen atoms in total. The number of carbonyl (C=O) groups excluding carboxylic acids is 1. The summed E-state index contributed by atoms with van der Waals surface area (Å²) in [5.74, 6) is 5.80. The van der Waals surface area contributed by atoms with Crippen molar-refractivity contribution in [2.75, 3.05) is 31.6 Å². The fourth-order valence-corrected chi connectivity index (χ4v) is 2.41. The first kappa shape index (κ1) is 13.8. The van der Waals surface area contributed by atoms with Crippen LogP contribution in [-0.4, -0.2) is 42.0 Å². The van der Waals surface area contributed by atoms with Gasteiger partial charge in [-0.3, -0.25) is 15.6 Å². The monoisotopic (exact) mass is 263 g/mol. The van der Waals surface area contributed by atoms with Gasteiger partial charge < -0.3 is 15.6 Å². The third-order valence-corrected chi connectivity index (χ3v) is 3.59. The molecule has 1 amide bonds. The van der Waals surface area contributed by atoms with Gasteiger partial charge in [0.15, 0.2) is 0 Å². The highest BCUT2D eigenvalue weighted by atomic mass is 16.1. The van der Waals surface area contributed by atoms with E-state index in [1.807, 2.05) is 0 Å². The van der Waals surface area contributed by atoms with Crippen LogP contribution in [-0.2, 0) is 0 Å². The smallest absolute Gasteiger partial charge is 0.253 e. The topological polar surface area (TPSA) is 83.3 Å². The largest absolute Gasteiger partial charge is 0.352 e. The van der Waals surface area contributed by atoms with Gasteiger partial charge in [-0.25, -0.2) is 0 Å². The average molecular weight is 263 g/mol. The molecular weight excluding hydrogens is 242 g/mol. The van der Waals surface area contributed by atoms with Gasteiger partial charge in [0.2, 0.25) is 0 Å². The molecule has 2 rings (SSSR count). The minimum absolute atomic E-state index is 0.106. The zero-order chi connectivity index (χ0) is 13.7. The van der Waals surface area contributed by atoms with E-state index in [0.29, 0.717) is 23.7 Å². The molecule has 4 N–H and O–H groups in total. The summed E-state index contributed by atoms with van der Waals surface area (Å²) in [5.41, 5.74) is 3.56. The lowest BCUT2D eigenvalue weighted by Gasteiger charge is -2.14. The van der Waals surface area contributed by atoms with Crippen molar-refractivity contribution in [3.8, 4) is 0 Å². The van der Waals surface area contributed by atoms with Gasteiger partial charge >= 0.3 is 0 Å². The number of nitrogens with two attached hydrogens (primary N) is 1.